The molecule has 20 heavy (non-hydrogen) atoms. The summed E-state index contributed by atoms with van der Waals surface area (Å²) >= 11 is 0. The van der Waals surface area contributed by atoms with Crippen LogP contribution in [0.4, 0.5) is 0 Å². The van der Waals surface area contributed by atoms with Crippen LogP contribution in [0, 0.1) is 0 Å². The van der Waals surface area contributed by atoms with E-state index in [-0.39, 0.29) is 0 Å². The number of rotatable bonds is 2. The largest absolute Gasteiger partial charge is 0.220 e. The van der Waals surface area contributed by atoms with Gasteiger partial charge in [0.05, 0.1) is 0 Å². The first-order chi connectivity index (χ1) is 9.83. The van der Waals surface area contributed by atoms with E-state index in [1.807, 2.05) is 36.4 Å². The Kier molecular flexibility index (Phi) is 2.56. The van der Waals surface area contributed by atoms with Crippen molar-refractivity contribution in [1.82, 2.24) is 0 Å². The van der Waals surface area contributed by atoms with Crippen LogP contribution >= 0.6 is 0 Å². The minimum atomic E-state index is -0.419. The molecule has 1 aliphatic carbocycles. The second-order valence-corrected chi connectivity index (χ2v) is 5.51. The predicted molar refractivity (Wildman–Crippen MR) is 76.8 cm³/mol. The zero-order valence-electron chi connectivity index (χ0n) is 11.2. The third kappa shape index (κ3) is 1.65. The molecule has 2 heteroatoms. The van der Waals surface area contributed by atoms with Crippen LogP contribution in [-0.4, -0.2) is 0 Å². The normalized spacial score (nSPS) is 31.4. The molecule has 0 aromatic heterocycles. The standard InChI is InChI=1S/C18H16O2/c1-3-7-15(8-4-1)17-11-13-18(14-12-17,20-19-17)16-9-5-2-6-10-16/h1-11,13H,12,14H2/t17-,18+. The van der Waals surface area contributed by atoms with Crippen molar-refractivity contribution >= 4 is 0 Å². The fraction of sp³-hybridized carbons (Fsp3) is 0.222. The maximum Gasteiger partial charge on any atom is 0.147 e. The van der Waals surface area contributed by atoms with Gasteiger partial charge in [-0.2, -0.15) is 0 Å². The minimum absolute atomic E-state index is 0.419. The first kappa shape index (κ1) is 11.9. The highest BCUT2D eigenvalue weighted by atomic mass is 17.2. The molecule has 0 spiro atoms. The van der Waals surface area contributed by atoms with Crippen LogP contribution in [0.2, 0.25) is 0 Å². The van der Waals surface area contributed by atoms with E-state index in [1.165, 1.54) is 0 Å². The Balaban J connectivity index is 1.74. The van der Waals surface area contributed by atoms with Gasteiger partial charge in [-0.1, -0.05) is 60.7 Å². The van der Waals surface area contributed by atoms with E-state index in [0.29, 0.717) is 0 Å². The summed E-state index contributed by atoms with van der Waals surface area (Å²) in [5.41, 5.74) is 1.46. The molecule has 1 fully saturated rings. The Morgan fingerprint density at radius 2 is 1.00 bits per heavy atom. The van der Waals surface area contributed by atoms with Crippen molar-refractivity contribution in [2.75, 3.05) is 0 Å². The molecule has 2 aliphatic heterocycles. The summed E-state index contributed by atoms with van der Waals surface area (Å²) in [5.74, 6) is 0. The summed E-state index contributed by atoms with van der Waals surface area (Å²) in [6.07, 6.45) is 6.18. The Morgan fingerprint density at radius 1 is 0.600 bits per heavy atom. The molecule has 0 radical (unpaired) electrons. The molecule has 2 aromatic carbocycles. The van der Waals surface area contributed by atoms with Crippen molar-refractivity contribution in [3.63, 3.8) is 0 Å². The molecule has 0 saturated carbocycles. The van der Waals surface area contributed by atoms with Gasteiger partial charge in [0.25, 0.3) is 0 Å². The molecule has 0 unspecified atom stereocenters. The van der Waals surface area contributed by atoms with E-state index in [9.17, 15) is 0 Å². The van der Waals surface area contributed by atoms with Gasteiger partial charge in [-0.05, 0) is 36.1 Å². The smallest absolute Gasteiger partial charge is 0.147 e. The number of hydrogen-bond acceptors (Lipinski definition) is 2. The number of fused-ring (bicyclic) bond motifs is 2. The topological polar surface area (TPSA) is 18.5 Å². The third-order valence-corrected chi connectivity index (χ3v) is 4.35. The highest BCUT2D eigenvalue weighted by Crippen LogP contribution is 2.50. The molecule has 5 rings (SSSR count). The van der Waals surface area contributed by atoms with Crippen molar-refractivity contribution in [3.05, 3.63) is 83.9 Å². The average Bonchev–Trinajstić information content (AvgIpc) is 2.58. The summed E-state index contributed by atoms with van der Waals surface area (Å²) in [4.78, 5) is 11.6. The zero-order chi connectivity index (χ0) is 13.5. The number of hydrogen-bond donors (Lipinski definition) is 0. The van der Waals surface area contributed by atoms with Crippen LogP contribution in [0.1, 0.15) is 24.0 Å². The summed E-state index contributed by atoms with van der Waals surface area (Å²) in [6, 6.07) is 20.6. The van der Waals surface area contributed by atoms with Crippen LogP contribution in [0.15, 0.2) is 72.8 Å². The highest BCUT2D eigenvalue weighted by molar-refractivity contribution is 5.37. The van der Waals surface area contributed by atoms with E-state index in [0.717, 1.165) is 24.0 Å². The quantitative estimate of drug-likeness (QED) is 0.601. The molecule has 2 bridgehead atoms. The Hall–Kier alpha value is -1.90. The number of benzene rings is 2. The summed E-state index contributed by atoms with van der Waals surface area (Å²) in [7, 11) is 0. The van der Waals surface area contributed by atoms with Gasteiger partial charge in [-0.3, -0.25) is 0 Å². The highest BCUT2D eigenvalue weighted by Gasteiger charge is 2.49. The van der Waals surface area contributed by atoms with Gasteiger partial charge >= 0.3 is 0 Å². The molecule has 2 nitrogen and oxygen atoms in total. The fourth-order valence-electron chi connectivity index (χ4n) is 3.11. The van der Waals surface area contributed by atoms with Gasteiger partial charge in [-0.15, -0.1) is 0 Å². The monoisotopic (exact) mass is 264 g/mol. The maximum absolute atomic E-state index is 5.82. The molecule has 2 aromatic rings. The van der Waals surface area contributed by atoms with Gasteiger partial charge in [0.1, 0.15) is 11.2 Å². The average molecular weight is 264 g/mol. The third-order valence-electron chi connectivity index (χ3n) is 4.35. The lowest BCUT2D eigenvalue weighted by Crippen LogP contribution is -2.46. The second kappa shape index (κ2) is 4.30. The van der Waals surface area contributed by atoms with Crippen LogP contribution in [-0.2, 0) is 21.0 Å². The van der Waals surface area contributed by atoms with Crippen molar-refractivity contribution in [1.29, 1.82) is 0 Å². The van der Waals surface area contributed by atoms with Crippen molar-refractivity contribution in [3.8, 4) is 0 Å². The lowest BCUT2D eigenvalue weighted by molar-refractivity contribution is -0.437. The predicted octanol–water partition coefficient (Wildman–Crippen LogP) is 4.09. The van der Waals surface area contributed by atoms with E-state index < -0.39 is 11.2 Å². The van der Waals surface area contributed by atoms with Gasteiger partial charge in [-0.25, -0.2) is 9.78 Å². The summed E-state index contributed by atoms with van der Waals surface area (Å²) in [5, 5.41) is 0. The second-order valence-electron chi connectivity index (χ2n) is 5.51. The Labute approximate surface area is 118 Å². The lowest BCUT2D eigenvalue weighted by Gasteiger charge is -2.47. The van der Waals surface area contributed by atoms with Crippen LogP contribution in [0.25, 0.3) is 0 Å². The fourth-order valence-corrected chi connectivity index (χ4v) is 3.11. The first-order valence-corrected chi connectivity index (χ1v) is 7.01. The van der Waals surface area contributed by atoms with E-state index in [2.05, 4.69) is 36.4 Å². The van der Waals surface area contributed by atoms with E-state index in [4.69, 9.17) is 9.78 Å². The van der Waals surface area contributed by atoms with Crippen LogP contribution in [0.3, 0.4) is 0 Å². The van der Waals surface area contributed by atoms with Crippen molar-refractivity contribution < 1.29 is 9.78 Å². The summed E-state index contributed by atoms with van der Waals surface area (Å²) < 4.78 is 0. The summed E-state index contributed by atoms with van der Waals surface area (Å²) in [6.45, 7) is 0. The molecule has 100 valence electrons. The lowest BCUT2D eigenvalue weighted by atomic mass is 9.75. The maximum atomic E-state index is 5.82. The SMILES string of the molecule is C1=C[C@@]2(c3ccccc3)CC[C@]1(c1ccccc1)OO2. The van der Waals surface area contributed by atoms with Gasteiger partial charge < -0.3 is 0 Å². The van der Waals surface area contributed by atoms with Crippen molar-refractivity contribution in [2.24, 2.45) is 0 Å². The van der Waals surface area contributed by atoms with Gasteiger partial charge in [0.15, 0.2) is 0 Å². The molecular formula is C18H16O2. The molecule has 0 N–H and O–H groups in total. The zero-order valence-corrected chi connectivity index (χ0v) is 11.2. The Morgan fingerprint density at radius 3 is 1.30 bits per heavy atom. The van der Waals surface area contributed by atoms with E-state index >= 15 is 0 Å². The molecule has 1 saturated heterocycles. The van der Waals surface area contributed by atoms with Gasteiger partial charge in [0, 0.05) is 0 Å². The van der Waals surface area contributed by atoms with Gasteiger partial charge in [0.2, 0.25) is 0 Å². The first-order valence-electron chi connectivity index (χ1n) is 7.01. The minimum Gasteiger partial charge on any atom is -0.220 e. The molecule has 2 atom stereocenters. The van der Waals surface area contributed by atoms with E-state index in [1.54, 1.807) is 0 Å². The van der Waals surface area contributed by atoms with Crippen molar-refractivity contribution in [2.45, 2.75) is 24.0 Å². The van der Waals surface area contributed by atoms with Crippen LogP contribution in [0.5, 0.6) is 0 Å². The Bertz CT molecular complexity index is 565. The molecule has 3 aliphatic rings. The van der Waals surface area contributed by atoms with Crippen LogP contribution < -0.4 is 0 Å². The molecule has 2 heterocycles. The molecule has 0 amide bonds. The molecular weight excluding hydrogens is 248 g/mol.